The Morgan fingerprint density at radius 2 is 1.52 bits per heavy atom. The van der Waals surface area contributed by atoms with Gasteiger partial charge in [0.1, 0.15) is 5.75 Å². The fourth-order valence-electron chi connectivity index (χ4n) is 4.03. The van der Waals surface area contributed by atoms with Crippen LogP contribution in [0.1, 0.15) is 25.3 Å². The molecule has 4 rings (SSSR count). The molecule has 0 amide bonds. The van der Waals surface area contributed by atoms with Crippen molar-refractivity contribution in [2.24, 2.45) is 0 Å². The lowest BCUT2D eigenvalue weighted by molar-refractivity contribution is 0.181. The first-order valence-electron chi connectivity index (χ1n) is 11.0. The molecule has 0 spiro atoms. The first-order valence-corrected chi connectivity index (χ1v) is 12.4. The van der Waals surface area contributed by atoms with E-state index in [2.05, 4.69) is 24.0 Å². The van der Waals surface area contributed by atoms with Crippen molar-refractivity contribution in [2.45, 2.75) is 31.2 Å². The summed E-state index contributed by atoms with van der Waals surface area (Å²) >= 11 is 0. The fraction of sp³-hybridized carbons (Fsp3) is 0.360. The molecule has 1 heterocycles. The molecule has 0 radical (unpaired) electrons. The van der Waals surface area contributed by atoms with Crippen LogP contribution in [0, 0.1) is 0 Å². The zero-order valence-corrected chi connectivity index (χ0v) is 18.9. The molecule has 1 saturated heterocycles. The van der Waals surface area contributed by atoms with Crippen LogP contribution in [0.2, 0.25) is 0 Å². The van der Waals surface area contributed by atoms with Gasteiger partial charge in [-0.15, -0.1) is 0 Å². The molecule has 6 heteroatoms. The largest absolute Gasteiger partial charge is 0.493 e. The van der Waals surface area contributed by atoms with Crippen molar-refractivity contribution in [3.05, 3.63) is 72.3 Å². The summed E-state index contributed by atoms with van der Waals surface area (Å²) in [5, 5.41) is 1.57. The molecule has 5 nitrogen and oxygen atoms in total. The normalized spacial score (nSPS) is 15.9. The third kappa shape index (κ3) is 4.92. The molecule has 3 aromatic rings. The first-order chi connectivity index (χ1) is 15.1. The van der Waals surface area contributed by atoms with E-state index in [4.69, 9.17) is 4.74 Å². The van der Waals surface area contributed by atoms with Crippen LogP contribution < -0.4 is 4.74 Å². The van der Waals surface area contributed by atoms with Gasteiger partial charge in [-0.3, -0.25) is 4.90 Å². The zero-order chi connectivity index (χ0) is 21.7. The minimum atomic E-state index is -3.58. The van der Waals surface area contributed by atoms with Gasteiger partial charge >= 0.3 is 0 Å². The number of piperazine rings is 1. The Morgan fingerprint density at radius 3 is 2.23 bits per heavy atom. The van der Waals surface area contributed by atoms with Crippen LogP contribution in [0.5, 0.6) is 5.75 Å². The van der Waals surface area contributed by atoms with E-state index >= 15 is 0 Å². The van der Waals surface area contributed by atoms with Crippen LogP contribution in [0.3, 0.4) is 0 Å². The predicted molar refractivity (Wildman–Crippen MR) is 125 cm³/mol. The number of ether oxygens (including phenoxy) is 1. The minimum absolute atomic E-state index is 0.363. The van der Waals surface area contributed by atoms with E-state index in [-0.39, 0.29) is 0 Å². The van der Waals surface area contributed by atoms with Crippen molar-refractivity contribution in [1.82, 2.24) is 9.21 Å². The van der Waals surface area contributed by atoms with E-state index in [9.17, 15) is 8.42 Å². The number of sulfonamides is 1. The summed E-state index contributed by atoms with van der Waals surface area (Å²) in [5.41, 5.74) is 1.25. The summed E-state index contributed by atoms with van der Waals surface area (Å²) in [7, 11) is -3.58. The summed E-state index contributed by atoms with van der Waals surface area (Å²) in [4.78, 5) is 2.67. The molecule has 1 fully saturated rings. The van der Waals surface area contributed by atoms with Crippen molar-refractivity contribution in [2.75, 3.05) is 32.8 Å². The molecule has 0 aliphatic carbocycles. The minimum Gasteiger partial charge on any atom is -0.493 e. The standard InChI is InChI=1S/C25H30N2O3S/c1-2-3-19-30-24-13-14-25(23-12-8-7-11-22(23)24)31(28,29)27-17-15-26(16-18-27)20-21-9-5-4-6-10-21/h4-14H,2-3,15-20H2,1H3. The average Bonchev–Trinajstić information content (AvgIpc) is 2.80. The third-order valence-corrected chi connectivity index (χ3v) is 7.75. The Kier molecular flexibility index (Phi) is 6.90. The van der Waals surface area contributed by atoms with Crippen LogP contribution in [0.15, 0.2) is 71.6 Å². The second-order valence-corrected chi connectivity index (χ2v) is 9.88. The number of hydrogen-bond donors (Lipinski definition) is 0. The first kappa shape index (κ1) is 21.8. The summed E-state index contributed by atoms with van der Waals surface area (Å²) < 4.78 is 34.6. The highest BCUT2D eigenvalue weighted by Crippen LogP contribution is 2.33. The maximum atomic E-state index is 13.5. The maximum absolute atomic E-state index is 13.5. The molecule has 0 atom stereocenters. The van der Waals surface area contributed by atoms with Crippen LogP contribution in [-0.4, -0.2) is 50.4 Å². The monoisotopic (exact) mass is 438 g/mol. The lowest BCUT2D eigenvalue weighted by Crippen LogP contribution is -2.48. The molecule has 0 N–H and O–H groups in total. The highest BCUT2D eigenvalue weighted by molar-refractivity contribution is 7.89. The second kappa shape index (κ2) is 9.81. The molecule has 164 valence electrons. The van der Waals surface area contributed by atoms with Crippen LogP contribution in [0.25, 0.3) is 10.8 Å². The molecule has 0 unspecified atom stereocenters. The van der Waals surface area contributed by atoms with Gasteiger partial charge < -0.3 is 4.74 Å². The van der Waals surface area contributed by atoms with Gasteiger partial charge in [0.2, 0.25) is 10.0 Å². The molecule has 0 aromatic heterocycles. The number of rotatable bonds is 8. The molecule has 1 aliphatic heterocycles. The maximum Gasteiger partial charge on any atom is 0.243 e. The number of nitrogens with zero attached hydrogens (tertiary/aromatic N) is 2. The van der Waals surface area contributed by atoms with E-state index in [0.29, 0.717) is 24.6 Å². The van der Waals surface area contributed by atoms with E-state index < -0.39 is 10.0 Å². The average molecular weight is 439 g/mol. The van der Waals surface area contributed by atoms with Crippen molar-refractivity contribution >= 4 is 20.8 Å². The number of hydrogen-bond acceptors (Lipinski definition) is 4. The van der Waals surface area contributed by atoms with Crippen LogP contribution in [-0.2, 0) is 16.6 Å². The molecular weight excluding hydrogens is 408 g/mol. The quantitative estimate of drug-likeness (QED) is 0.485. The summed E-state index contributed by atoms with van der Waals surface area (Å²) in [5.74, 6) is 0.746. The molecule has 0 bridgehead atoms. The molecule has 3 aromatic carbocycles. The number of fused-ring (bicyclic) bond motifs is 1. The van der Waals surface area contributed by atoms with Gasteiger partial charge in [0.15, 0.2) is 0 Å². The van der Waals surface area contributed by atoms with Gasteiger partial charge in [0, 0.05) is 43.5 Å². The summed E-state index contributed by atoms with van der Waals surface area (Å²) in [6.07, 6.45) is 2.03. The topological polar surface area (TPSA) is 49.9 Å². The zero-order valence-electron chi connectivity index (χ0n) is 18.0. The van der Waals surface area contributed by atoms with E-state index in [1.165, 1.54) is 5.56 Å². The van der Waals surface area contributed by atoms with E-state index in [1.54, 1.807) is 16.4 Å². The van der Waals surface area contributed by atoms with E-state index in [1.807, 2.05) is 42.5 Å². The third-order valence-electron chi connectivity index (χ3n) is 5.80. The van der Waals surface area contributed by atoms with Crippen LogP contribution in [0.4, 0.5) is 0 Å². The molecule has 0 saturated carbocycles. The second-order valence-electron chi connectivity index (χ2n) is 7.98. The number of unbranched alkanes of at least 4 members (excludes halogenated alkanes) is 1. The van der Waals surface area contributed by atoms with Gasteiger partial charge in [-0.2, -0.15) is 4.31 Å². The Hall–Kier alpha value is -2.41. The SMILES string of the molecule is CCCCOc1ccc(S(=O)(=O)N2CCN(Cc3ccccc3)CC2)c2ccccc12. The Balaban J connectivity index is 1.52. The lowest BCUT2D eigenvalue weighted by Gasteiger charge is -2.34. The fourth-order valence-corrected chi connectivity index (χ4v) is 5.65. The Bertz CT molecular complexity index is 1110. The highest BCUT2D eigenvalue weighted by Gasteiger charge is 2.30. The smallest absolute Gasteiger partial charge is 0.243 e. The predicted octanol–water partition coefficient (Wildman–Crippen LogP) is 4.53. The Morgan fingerprint density at radius 1 is 0.839 bits per heavy atom. The van der Waals surface area contributed by atoms with Crippen molar-refractivity contribution < 1.29 is 13.2 Å². The molecule has 1 aliphatic rings. The molecule has 31 heavy (non-hydrogen) atoms. The van der Waals surface area contributed by atoms with Gasteiger partial charge in [0.25, 0.3) is 0 Å². The van der Waals surface area contributed by atoms with Crippen molar-refractivity contribution in [3.8, 4) is 5.75 Å². The van der Waals surface area contributed by atoms with E-state index in [0.717, 1.165) is 49.0 Å². The van der Waals surface area contributed by atoms with Crippen molar-refractivity contribution in [1.29, 1.82) is 0 Å². The van der Waals surface area contributed by atoms with Crippen LogP contribution >= 0.6 is 0 Å². The van der Waals surface area contributed by atoms with Crippen molar-refractivity contribution in [3.63, 3.8) is 0 Å². The summed E-state index contributed by atoms with van der Waals surface area (Å²) in [6.45, 7) is 6.05. The molecular formula is C25H30N2O3S. The lowest BCUT2D eigenvalue weighted by atomic mass is 10.1. The summed E-state index contributed by atoms with van der Waals surface area (Å²) in [6, 6.07) is 21.4. The number of benzene rings is 3. The highest BCUT2D eigenvalue weighted by atomic mass is 32.2. The Labute approximate surface area is 185 Å². The van der Waals surface area contributed by atoms with Gasteiger partial charge in [-0.25, -0.2) is 8.42 Å². The van der Waals surface area contributed by atoms with Gasteiger partial charge in [-0.05, 0) is 24.1 Å². The van der Waals surface area contributed by atoms with Gasteiger partial charge in [-0.1, -0.05) is 67.9 Å². The van der Waals surface area contributed by atoms with Gasteiger partial charge in [0.05, 0.1) is 11.5 Å².